The number of nitro benzene ring substituents is 1. The van der Waals surface area contributed by atoms with Gasteiger partial charge in [-0.15, -0.1) is 0 Å². The van der Waals surface area contributed by atoms with Crippen molar-refractivity contribution in [1.29, 1.82) is 0 Å². The number of carbonyl (C=O) groups excluding carboxylic acids is 2. The Hall–Kier alpha value is -3.42. The molecule has 25 heavy (non-hydrogen) atoms. The second-order valence-electron chi connectivity index (χ2n) is 5.06. The molecule has 1 aromatic heterocycles. The van der Waals surface area contributed by atoms with E-state index in [1.807, 2.05) is 0 Å². The first-order valence-corrected chi connectivity index (χ1v) is 7.39. The third-order valence-corrected chi connectivity index (χ3v) is 3.19. The van der Waals surface area contributed by atoms with Crippen LogP contribution in [0.1, 0.15) is 18.2 Å². The SMILES string of the molecule is C[C@@H](OC(=O)/C=C/c1ccc([N+](=O)[O-])cc1)C(=O)NCc1ccco1. The first-order valence-electron chi connectivity index (χ1n) is 7.39. The summed E-state index contributed by atoms with van der Waals surface area (Å²) in [5.74, 6) is -0.558. The Balaban J connectivity index is 1.81. The van der Waals surface area contributed by atoms with Gasteiger partial charge in [-0.3, -0.25) is 14.9 Å². The lowest BCUT2D eigenvalue weighted by Crippen LogP contribution is -2.35. The van der Waals surface area contributed by atoms with Gasteiger partial charge in [-0.25, -0.2) is 4.79 Å². The minimum atomic E-state index is -0.969. The van der Waals surface area contributed by atoms with E-state index in [-0.39, 0.29) is 12.2 Å². The molecule has 0 saturated carbocycles. The lowest BCUT2D eigenvalue weighted by molar-refractivity contribution is -0.384. The maximum atomic E-state index is 11.8. The van der Waals surface area contributed by atoms with Crippen LogP contribution >= 0.6 is 0 Å². The van der Waals surface area contributed by atoms with Crippen LogP contribution in [0, 0.1) is 10.1 Å². The number of hydrogen-bond acceptors (Lipinski definition) is 6. The monoisotopic (exact) mass is 344 g/mol. The second kappa shape index (κ2) is 8.44. The van der Waals surface area contributed by atoms with Gasteiger partial charge in [0.2, 0.25) is 0 Å². The van der Waals surface area contributed by atoms with Crippen LogP contribution in [-0.4, -0.2) is 22.9 Å². The van der Waals surface area contributed by atoms with E-state index in [4.69, 9.17) is 9.15 Å². The van der Waals surface area contributed by atoms with Crippen LogP contribution in [0.25, 0.3) is 6.08 Å². The number of carbonyl (C=O) groups is 2. The summed E-state index contributed by atoms with van der Waals surface area (Å²) in [6.45, 7) is 1.65. The molecule has 1 atom stereocenters. The van der Waals surface area contributed by atoms with Crippen LogP contribution in [0.3, 0.4) is 0 Å². The predicted octanol–water partition coefficient (Wildman–Crippen LogP) is 2.45. The highest BCUT2D eigenvalue weighted by Crippen LogP contribution is 2.13. The van der Waals surface area contributed by atoms with Gasteiger partial charge >= 0.3 is 5.97 Å². The van der Waals surface area contributed by atoms with Gasteiger partial charge in [0, 0.05) is 18.2 Å². The van der Waals surface area contributed by atoms with Crippen molar-refractivity contribution >= 4 is 23.6 Å². The zero-order valence-corrected chi connectivity index (χ0v) is 13.4. The van der Waals surface area contributed by atoms with Crippen molar-refractivity contribution < 1.29 is 23.7 Å². The number of benzene rings is 1. The molecule has 1 heterocycles. The third kappa shape index (κ3) is 5.61. The number of furan rings is 1. The van der Waals surface area contributed by atoms with Crippen LogP contribution in [0.2, 0.25) is 0 Å². The largest absolute Gasteiger partial charge is 0.467 e. The maximum Gasteiger partial charge on any atom is 0.331 e. The fourth-order valence-electron chi connectivity index (χ4n) is 1.87. The fourth-order valence-corrected chi connectivity index (χ4v) is 1.87. The van der Waals surface area contributed by atoms with Crippen LogP contribution in [0.15, 0.2) is 53.2 Å². The molecule has 0 bridgehead atoms. The summed E-state index contributed by atoms with van der Waals surface area (Å²) in [6.07, 6.45) is 3.12. The van der Waals surface area contributed by atoms with Gasteiger partial charge in [0.1, 0.15) is 5.76 Å². The number of ether oxygens (including phenoxy) is 1. The highest BCUT2D eigenvalue weighted by Gasteiger charge is 2.16. The van der Waals surface area contributed by atoms with Crippen molar-refractivity contribution in [3.05, 3.63) is 70.2 Å². The van der Waals surface area contributed by atoms with Gasteiger partial charge in [-0.1, -0.05) is 0 Å². The van der Waals surface area contributed by atoms with Crippen LogP contribution < -0.4 is 5.32 Å². The van der Waals surface area contributed by atoms with Crippen molar-refractivity contribution in [2.75, 3.05) is 0 Å². The standard InChI is InChI=1S/C17H16N2O6/c1-12(17(21)18-11-15-3-2-10-24-15)25-16(20)9-6-13-4-7-14(8-5-13)19(22)23/h2-10,12H,11H2,1H3,(H,18,21)/b9-6+/t12-/m1/s1. The average molecular weight is 344 g/mol. The van der Waals surface area contributed by atoms with E-state index >= 15 is 0 Å². The molecule has 1 N–H and O–H groups in total. The van der Waals surface area contributed by atoms with Crippen LogP contribution in [0.4, 0.5) is 5.69 Å². The molecular formula is C17H16N2O6. The molecule has 2 aromatic rings. The Morgan fingerprint density at radius 1 is 1.32 bits per heavy atom. The number of non-ortho nitro benzene ring substituents is 1. The third-order valence-electron chi connectivity index (χ3n) is 3.19. The van der Waals surface area contributed by atoms with Crippen LogP contribution in [0.5, 0.6) is 0 Å². The van der Waals surface area contributed by atoms with Gasteiger partial charge in [0.15, 0.2) is 6.10 Å². The molecule has 8 nitrogen and oxygen atoms in total. The normalized spacial score (nSPS) is 11.9. The zero-order valence-electron chi connectivity index (χ0n) is 13.4. The van der Waals surface area contributed by atoms with Crippen molar-refractivity contribution in [3.63, 3.8) is 0 Å². The quantitative estimate of drug-likeness (QED) is 0.357. The predicted molar refractivity (Wildman–Crippen MR) is 88.2 cm³/mol. The Labute approximate surface area is 143 Å². The smallest absolute Gasteiger partial charge is 0.331 e. The zero-order chi connectivity index (χ0) is 18.2. The molecule has 130 valence electrons. The van der Waals surface area contributed by atoms with E-state index in [1.54, 1.807) is 12.1 Å². The van der Waals surface area contributed by atoms with Crippen molar-refractivity contribution in [2.45, 2.75) is 19.6 Å². The molecule has 8 heteroatoms. The highest BCUT2D eigenvalue weighted by atomic mass is 16.6. The van der Waals surface area contributed by atoms with Crippen molar-refractivity contribution in [1.82, 2.24) is 5.32 Å². The summed E-state index contributed by atoms with van der Waals surface area (Å²) in [7, 11) is 0. The fraction of sp³-hybridized carbons (Fsp3) is 0.176. The first kappa shape index (κ1) is 17.9. The molecule has 0 saturated heterocycles. The van der Waals surface area contributed by atoms with E-state index in [9.17, 15) is 19.7 Å². The summed E-state index contributed by atoms with van der Waals surface area (Å²) in [4.78, 5) is 33.6. The minimum absolute atomic E-state index is 0.0402. The number of esters is 1. The van der Waals surface area contributed by atoms with Crippen molar-refractivity contribution in [3.8, 4) is 0 Å². The molecule has 0 aliphatic rings. The highest BCUT2D eigenvalue weighted by molar-refractivity contribution is 5.90. The summed E-state index contributed by atoms with van der Waals surface area (Å²) < 4.78 is 10.1. The molecule has 0 aliphatic carbocycles. The molecule has 0 fully saturated rings. The molecule has 0 spiro atoms. The number of nitrogens with zero attached hydrogens (tertiary/aromatic N) is 1. The summed E-state index contributed by atoms with van der Waals surface area (Å²) in [6, 6.07) is 9.08. The molecular weight excluding hydrogens is 328 g/mol. The minimum Gasteiger partial charge on any atom is -0.467 e. The van der Waals surface area contributed by atoms with Gasteiger partial charge in [0.05, 0.1) is 17.7 Å². The van der Waals surface area contributed by atoms with Gasteiger partial charge in [-0.05, 0) is 42.8 Å². The van der Waals surface area contributed by atoms with E-state index in [1.165, 1.54) is 43.5 Å². The van der Waals surface area contributed by atoms with Gasteiger partial charge in [0.25, 0.3) is 11.6 Å². The first-order chi connectivity index (χ1) is 12.0. The Bertz CT molecular complexity index is 765. The molecule has 0 aliphatic heterocycles. The number of nitrogens with one attached hydrogen (secondary N) is 1. The topological polar surface area (TPSA) is 112 Å². The Morgan fingerprint density at radius 3 is 2.64 bits per heavy atom. The molecule has 1 aromatic carbocycles. The molecule has 0 radical (unpaired) electrons. The summed E-state index contributed by atoms with van der Waals surface area (Å²) >= 11 is 0. The summed E-state index contributed by atoms with van der Waals surface area (Å²) in [5.41, 5.74) is 0.555. The van der Waals surface area contributed by atoms with E-state index in [0.29, 0.717) is 11.3 Å². The van der Waals surface area contributed by atoms with E-state index in [0.717, 1.165) is 6.08 Å². The van der Waals surface area contributed by atoms with E-state index in [2.05, 4.69) is 5.32 Å². The number of hydrogen-bond donors (Lipinski definition) is 1. The maximum absolute atomic E-state index is 11.8. The van der Waals surface area contributed by atoms with Gasteiger partial charge < -0.3 is 14.5 Å². The average Bonchev–Trinajstić information content (AvgIpc) is 3.11. The lowest BCUT2D eigenvalue weighted by Gasteiger charge is -2.11. The summed E-state index contributed by atoms with van der Waals surface area (Å²) in [5, 5.41) is 13.1. The number of amides is 1. The second-order valence-corrected chi connectivity index (χ2v) is 5.06. The van der Waals surface area contributed by atoms with Gasteiger partial charge in [-0.2, -0.15) is 0 Å². The Kier molecular flexibility index (Phi) is 6.05. The molecule has 2 rings (SSSR count). The van der Waals surface area contributed by atoms with Crippen LogP contribution in [-0.2, 0) is 20.9 Å². The molecule has 0 unspecified atom stereocenters. The lowest BCUT2D eigenvalue weighted by atomic mass is 10.2. The van der Waals surface area contributed by atoms with E-state index < -0.39 is 22.9 Å². The number of nitro groups is 1. The Morgan fingerprint density at radius 2 is 2.04 bits per heavy atom. The number of rotatable bonds is 7. The molecule has 1 amide bonds. The van der Waals surface area contributed by atoms with Crippen molar-refractivity contribution in [2.24, 2.45) is 0 Å².